The number of aryl methyl sites for hydroxylation is 1. The highest BCUT2D eigenvalue weighted by Crippen LogP contribution is 2.36. The first-order valence-electron chi connectivity index (χ1n) is 7.65. The van der Waals surface area contributed by atoms with E-state index in [2.05, 4.69) is 37.3 Å². The van der Waals surface area contributed by atoms with Gasteiger partial charge in [0.05, 0.1) is 6.67 Å². The molecule has 1 aliphatic rings. The lowest BCUT2D eigenvalue weighted by Crippen LogP contribution is -2.11. The molecule has 19 heavy (non-hydrogen) atoms. The second-order valence-electron chi connectivity index (χ2n) is 5.61. The number of allylic oxidation sites excluding steroid dienone is 2. The monoisotopic (exact) mass is 260 g/mol. The van der Waals surface area contributed by atoms with Crippen molar-refractivity contribution in [2.45, 2.75) is 51.4 Å². The number of hydrogen-bond donors (Lipinski definition) is 0. The third-order valence-corrected chi connectivity index (χ3v) is 4.32. The molecule has 0 atom stereocenters. The Kier molecular flexibility index (Phi) is 5.62. The lowest BCUT2D eigenvalue weighted by atomic mass is 9.78. The van der Waals surface area contributed by atoms with E-state index in [9.17, 15) is 4.39 Å². The van der Waals surface area contributed by atoms with Crippen LogP contribution >= 0.6 is 0 Å². The maximum atomic E-state index is 12.0. The van der Waals surface area contributed by atoms with Crippen LogP contribution in [0.3, 0.4) is 0 Å². The third kappa shape index (κ3) is 4.19. The summed E-state index contributed by atoms with van der Waals surface area (Å²) in [5, 5.41) is 0. The van der Waals surface area contributed by atoms with Crippen molar-refractivity contribution in [3.63, 3.8) is 0 Å². The van der Waals surface area contributed by atoms with Gasteiger partial charge in [0.2, 0.25) is 0 Å². The van der Waals surface area contributed by atoms with E-state index in [1.165, 1.54) is 36.8 Å². The highest BCUT2D eigenvalue weighted by molar-refractivity contribution is 5.25. The molecule has 104 valence electrons. The van der Waals surface area contributed by atoms with E-state index < -0.39 is 0 Å². The molecule has 0 saturated heterocycles. The van der Waals surface area contributed by atoms with Crippen LogP contribution < -0.4 is 0 Å². The summed E-state index contributed by atoms with van der Waals surface area (Å²) in [5.74, 6) is 1.41. The summed E-state index contributed by atoms with van der Waals surface area (Å²) < 4.78 is 12.0. The van der Waals surface area contributed by atoms with Crippen LogP contribution in [0.1, 0.15) is 56.1 Å². The van der Waals surface area contributed by atoms with Crippen LogP contribution in [0.15, 0.2) is 36.4 Å². The van der Waals surface area contributed by atoms with Crippen LogP contribution in [0, 0.1) is 5.92 Å². The Morgan fingerprint density at radius 2 is 1.79 bits per heavy atom. The minimum Gasteiger partial charge on any atom is -0.251 e. The molecule has 0 heterocycles. The van der Waals surface area contributed by atoms with Crippen molar-refractivity contribution in [2.24, 2.45) is 5.92 Å². The van der Waals surface area contributed by atoms with Crippen molar-refractivity contribution in [2.75, 3.05) is 6.67 Å². The average molecular weight is 260 g/mol. The van der Waals surface area contributed by atoms with Crippen LogP contribution in [0.2, 0.25) is 0 Å². The average Bonchev–Trinajstić information content (AvgIpc) is 2.48. The normalized spacial score (nSPS) is 23.9. The molecule has 1 aromatic carbocycles. The van der Waals surface area contributed by atoms with E-state index in [0.717, 1.165) is 12.3 Å². The third-order valence-electron chi connectivity index (χ3n) is 4.32. The van der Waals surface area contributed by atoms with E-state index in [1.54, 1.807) is 0 Å². The first-order valence-corrected chi connectivity index (χ1v) is 7.65. The van der Waals surface area contributed by atoms with E-state index in [1.807, 2.05) is 6.08 Å². The number of benzene rings is 1. The first kappa shape index (κ1) is 14.3. The van der Waals surface area contributed by atoms with Gasteiger partial charge >= 0.3 is 0 Å². The smallest absolute Gasteiger partial charge is 0.0928 e. The quantitative estimate of drug-likeness (QED) is 0.618. The fraction of sp³-hybridized carbons (Fsp3) is 0.556. The number of halogens is 1. The Morgan fingerprint density at radius 1 is 1.11 bits per heavy atom. The lowest BCUT2D eigenvalue weighted by Gasteiger charge is -2.27. The predicted molar refractivity (Wildman–Crippen MR) is 80.3 cm³/mol. The molecular weight excluding hydrogens is 235 g/mol. The van der Waals surface area contributed by atoms with Crippen molar-refractivity contribution >= 4 is 0 Å². The number of alkyl halides is 1. The zero-order valence-electron chi connectivity index (χ0n) is 11.9. The van der Waals surface area contributed by atoms with Gasteiger partial charge in [-0.1, -0.05) is 43.3 Å². The summed E-state index contributed by atoms with van der Waals surface area (Å²) in [6.45, 7) is 1.97. The van der Waals surface area contributed by atoms with E-state index >= 15 is 0 Å². The van der Waals surface area contributed by atoms with Gasteiger partial charge in [-0.3, -0.25) is 4.39 Å². The van der Waals surface area contributed by atoms with Gasteiger partial charge in [0.1, 0.15) is 0 Å². The fourth-order valence-corrected chi connectivity index (χ4v) is 3.02. The van der Waals surface area contributed by atoms with Crippen LogP contribution in [0.5, 0.6) is 0 Å². The van der Waals surface area contributed by atoms with Gasteiger partial charge in [0.15, 0.2) is 0 Å². The van der Waals surface area contributed by atoms with E-state index in [4.69, 9.17) is 0 Å². The van der Waals surface area contributed by atoms with Crippen molar-refractivity contribution in [3.05, 3.63) is 47.5 Å². The number of hydrogen-bond acceptors (Lipinski definition) is 0. The highest BCUT2D eigenvalue weighted by atomic mass is 19.1. The van der Waals surface area contributed by atoms with Gasteiger partial charge in [-0.25, -0.2) is 0 Å². The molecule has 0 N–H and O–H groups in total. The van der Waals surface area contributed by atoms with Gasteiger partial charge in [0, 0.05) is 0 Å². The highest BCUT2D eigenvalue weighted by Gasteiger charge is 2.20. The summed E-state index contributed by atoms with van der Waals surface area (Å²) in [7, 11) is 0. The van der Waals surface area contributed by atoms with E-state index in [0.29, 0.717) is 12.3 Å². The summed E-state index contributed by atoms with van der Waals surface area (Å²) >= 11 is 0. The first-order chi connectivity index (χ1) is 9.33. The van der Waals surface area contributed by atoms with Crippen molar-refractivity contribution in [3.8, 4) is 0 Å². The fourth-order valence-electron chi connectivity index (χ4n) is 3.02. The van der Waals surface area contributed by atoms with Crippen LogP contribution in [0.4, 0.5) is 4.39 Å². The second-order valence-corrected chi connectivity index (χ2v) is 5.61. The van der Waals surface area contributed by atoms with Crippen LogP contribution in [-0.4, -0.2) is 6.67 Å². The standard InChI is InChI=1S/C18H25F/c1-2-15-6-10-17(11-7-15)18-12-8-16(9-13-18)5-3-4-14-19/h3,5-7,10-11,16,18H,2,4,8-9,12-14H2,1H3. The summed E-state index contributed by atoms with van der Waals surface area (Å²) in [4.78, 5) is 0. The number of rotatable bonds is 5. The maximum absolute atomic E-state index is 12.0. The molecule has 0 aliphatic heterocycles. The van der Waals surface area contributed by atoms with Crippen molar-refractivity contribution < 1.29 is 4.39 Å². The Hall–Kier alpha value is -1.11. The molecule has 1 heteroatoms. The topological polar surface area (TPSA) is 0 Å². The molecule has 1 aromatic rings. The predicted octanol–water partition coefficient (Wildman–Crippen LogP) is 5.44. The molecule has 0 nitrogen and oxygen atoms in total. The Morgan fingerprint density at radius 3 is 2.37 bits per heavy atom. The Bertz CT molecular complexity index is 383. The van der Waals surface area contributed by atoms with Crippen molar-refractivity contribution in [1.29, 1.82) is 0 Å². The summed E-state index contributed by atoms with van der Waals surface area (Å²) in [6.07, 6.45) is 11.0. The SMILES string of the molecule is CCc1ccc(C2CCC(C=CCCF)CC2)cc1. The van der Waals surface area contributed by atoms with Crippen molar-refractivity contribution in [1.82, 2.24) is 0 Å². The zero-order valence-corrected chi connectivity index (χ0v) is 11.9. The van der Waals surface area contributed by atoms with Gasteiger partial charge in [-0.2, -0.15) is 0 Å². The Labute approximate surface area is 116 Å². The molecule has 1 saturated carbocycles. The molecule has 0 amide bonds. The minimum atomic E-state index is -0.227. The maximum Gasteiger partial charge on any atom is 0.0928 e. The second kappa shape index (κ2) is 7.47. The van der Waals surface area contributed by atoms with Crippen LogP contribution in [-0.2, 0) is 6.42 Å². The van der Waals surface area contributed by atoms with Crippen LogP contribution in [0.25, 0.3) is 0 Å². The molecule has 0 radical (unpaired) electrons. The molecule has 0 unspecified atom stereocenters. The molecular formula is C18H25F. The molecule has 2 rings (SSSR count). The van der Waals surface area contributed by atoms with Gasteiger partial charge in [-0.15, -0.1) is 0 Å². The zero-order chi connectivity index (χ0) is 13.5. The van der Waals surface area contributed by atoms with Gasteiger partial charge < -0.3 is 0 Å². The van der Waals surface area contributed by atoms with E-state index in [-0.39, 0.29) is 6.67 Å². The molecule has 0 spiro atoms. The summed E-state index contributed by atoms with van der Waals surface area (Å²) in [6, 6.07) is 9.15. The van der Waals surface area contributed by atoms with Gasteiger partial charge in [0.25, 0.3) is 0 Å². The largest absolute Gasteiger partial charge is 0.251 e. The molecule has 1 fully saturated rings. The lowest BCUT2D eigenvalue weighted by molar-refractivity contribution is 0.375. The molecule has 0 aromatic heterocycles. The summed E-state index contributed by atoms with van der Waals surface area (Å²) in [5.41, 5.74) is 2.93. The molecule has 1 aliphatic carbocycles. The minimum absolute atomic E-state index is 0.227. The van der Waals surface area contributed by atoms with Gasteiger partial charge in [-0.05, 0) is 61.5 Å². The molecule has 0 bridgehead atoms. The Balaban J connectivity index is 1.85.